The van der Waals surface area contributed by atoms with Gasteiger partial charge in [0.15, 0.2) is 0 Å². The number of alkyl halides is 4. The van der Waals surface area contributed by atoms with E-state index >= 15 is 0 Å². The topological polar surface area (TPSA) is 85.2 Å². The first-order valence-electron chi connectivity index (χ1n) is 11.1. The number of nitriles is 1. The zero-order valence-electron chi connectivity index (χ0n) is 18.1. The third-order valence-electron chi connectivity index (χ3n) is 7.54. The smallest absolute Gasteiger partial charge is 0.325 e. The van der Waals surface area contributed by atoms with E-state index < -0.39 is 35.3 Å². The standard InChI is InChI=1S/C23H26F4N4O2/c24-15-11-16(12-28)31(14-15)19(32)13-29-22-8-5-21(6-9-22,7-10-22)20(33)30-18-4-2-1-3-17(18)23(25,26)27/h1-4,15-16,29H,5-11,13-14H2,(H,30,33)/t15-,16-,21?,22?/m0/s1. The molecule has 1 saturated heterocycles. The minimum Gasteiger partial charge on any atom is -0.325 e. The molecule has 3 aliphatic carbocycles. The van der Waals surface area contributed by atoms with Gasteiger partial charge in [-0.25, -0.2) is 4.39 Å². The van der Waals surface area contributed by atoms with Gasteiger partial charge in [-0.15, -0.1) is 0 Å². The van der Waals surface area contributed by atoms with Crippen LogP contribution in [-0.2, 0) is 15.8 Å². The van der Waals surface area contributed by atoms with Gasteiger partial charge in [0.25, 0.3) is 0 Å². The molecule has 1 heterocycles. The summed E-state index contributed by atoms with van der Waals surface area (Å²) in [6.45, 7) is -0.0858. The highest BCUT2D eigenvalue weighted by atomic mass is 19.4. The maximum absolute atomic E-state index is 13.6. The van der Waals surface area contributed by atoms with Gasteiger partial charge in [-0.1, -0.05) is 12.1 Å². The lowest BCUT2D eigenvalue weighted by Gasteiger charge is -2.53. The number of amides is 2. The molecule has 10 heteroatoms. The number of rotatable bonds is 5. The fraction of sp³-hybridized carbons (Fsp3) is 0.609. The SMILES string of the molecule is N#C[C@@H]1C[C@H](F)CN1C(=O)CNC12CCC(C(=O)Nc3ccccc3C(F)(F)F)(CC1)CC2. The van der Waals surface area contributed by atoms with E-state index in [-0.39, 0.29) is 36.6 Å². The van der Waals surface area contributed by atoms with Gasteiger partial charge in [-0.2, -0.15) is 18.4 Å². The number of carbonyl (C=O) groups excluding carboxylic acids is 2. The van der Waals surface area contributed by atoms with E-state index in [4.69, 9.17) is 5.26 Å². The first-order valence-corrected chi connectivity index (χ1v) is 11.1. The molecule has 33 heavy (non-hydrogen) atoms. The third kappa shape index (κ3) is 4.56. The Kier molecular flexibility index (Phi) is 6.12. The molecular weight excluding hydrogens is 440 g/mol. The summed E-state index contributed by atoms with van der Waals surface area (Å²) in [4.78, 5) is 26.9. The van der Waals surface area contributed by atoms with Gasteiger partial charge in [-0.05, 0) is 50.7 Å². The van der Waals surface area contributed by atoms with Crippen LogP contribution in [0.15, 0.2) is 24.3 Å². The van der Waals surface area contributed by atoms with Crippen molar-refractivity contribution in [2.75, 3.05) is 18.4 Å². The summed E-state index contributed by atoms with van der Waals surface area (Å²) in [7, 11) is 0. The van der Waals surface area contributed by atoms with Crippen LogP contribution < -0.4 is 10.6 Å². The molecule has 4 fully saturated rings. The van der Waals surface area contributed by atoms with Crippen LogP contribution in [0.3, 0.4) is 0 Å². The van der Waals surface area contributed by atoms with Gasteiger partial charge in [0, 0.05) is 17.4 Å². The second kappa shape index (κ2) is 8.60. The summed E-state index contributed by atoms with van der Waals surface area (Å²) in [5.74, 6) is -0.716. The maximum atomic E-state index is 13.6. The summed E-state index contributed by atoms with van der Waals surface area (Å²) in [5, 5.41) is 14.9. The fourth-order valence-electron chi connectivity index (χ4n) is 5.43. The second-order valence-electron chi connectivity index (χ2n) is 9.44. The van der Waals surface area contributed by atoms with Crippen molar-refractivity contribution in [3.8, 4) is 6.07 Å². The fourth-order valence-corrected chi connectivity index (χ4v) is 5.43. The number of hydrogen-bond donors (Lipinski definition) is 2. The van der Waals surface area contributed by atoms with Crippen LogP contribution in [0.5, 0.6) is 0 Å². The number of nitrogens with one attached hydrogen (secondary N) is 2. The van der Waals surface area contributed by atoms with Crippen molar-refractivity contribution in [3.63, 3.8) is 0 Å². The molecule has 1 aliphatic heterocycles. The van der Waals surface area contributed by atoms with Gasteiger partial charge in [-0.3, -0.25) is 9.59 Å². The number of halogens is 4. The van der Waals surface area contributed by atoms with E-state index in [2.05, 4.69) is 10.6 Å². The quantitative estimate of drug-likeness (QED) is 0.647. The molecule has 0 aromatic heterocycles. The minimum absolute atomic E-state index is 0.0109. The third-order valence-corrected chi connectivity index (χ3v) is 7.54. The van der Waals surface area contributed by atoms with E-state index in [0.717, 1.165) is 6.07 Å². The van der Waals surface area contributed by atoms with E-state index in [1.807, 2.05) is 6.07 Å². The zero-order chi connectivity index (χ0) is 23.9. The molecule has 2 atom stereocenters. The van der Waals surface area contributed by atoms with Crippen LogP contribution in [0, 0.1) is 16.7 Å². The Morgan fingerprint density at radius 2 is 1.76 bits per heavy atom. The van der Waals surface area contributed by atoms with Crippen molar-refractivity contribution in [1.29, 1.82) is 5.26 Å². The molecule has 1 aromatic rings. The van der Waals surface area contributed by atoms with Gasteiger partial charge >= 0.3 is 6.18 Å². The number of carbonyl (C=O) groups is 2. The van der Waals surface area contributed by atoms with E-state index in [0.29, 0.717) is 38.5 Å². The van der Waals surface area contributed by atoms with Crippen LogP contribution in [0.4, 0.5) is 23.2 Å². The number of anilines is 1. The van der Waals surface area contributed by atoms with Crippen molar-refractivity contribution >= 4 is 17.5 Å². The van der Waals surface area contributed by atoms with E-state index in [1.54, 1.807) is 0 Å². The van der Waals surface area contributed by atoms with Crippen molar-refractivity contribution in [2.45, 2.75) is 68.9 Å². The molecule has 0 radical (unpaired) electrons. The Morgan fingerprint density at radius 1 is 1.12 bits per heavy atom. The average molecular weight is 466 g/mol. The number of nitrogens with zero attached hydrogens (tertiary/aromatic N) is 2. The molecule has 2 amide bonds. The Hall–Kier alpha value is -2.67. The molecule has 0 unspecified atom stereocenters. The van der Waals surface area contributed by atoms with E-state index in [1.165, 1.54) is 23.1 Å². The largest absolute Gasteiger partial charge is 0.418 e. The Labute approximate surface area is 189 Å². The molecule has 0 spiro atoms. The van der Waals surface area contributed by atoms with Gasteiger partial charge < -0.3 is 15.5 Å². The second-order valence-corrected chi connectivity index (χ2v) is 9.44. The predicted molar refractivity (Wildman–Crippen MR) is 112 cm³/mol. The molecule has 178 valence electrons. The highest BCUT2D eigenvalue weighted by Gasteiger charge is 2.52. The lowest BCUT2D eigenvalue weighted by molar-refractivity contribution is -0.137. The lowest BCUT2D eigenvalue weighted by Crippen LogP contribution is -2.59. The Balaban J connectivity index is 1.36. The molecule has 6 nitrogen and oxygen atoms in total. The molecular formula is C23H26F4N4O2. The first kappa shape index (κ1) is 23.5. The Bertz CT molecular complexity index is 949. The first-order chi connectivity index (χ1) is 15.6. The highest BCUT2D eigenvalue weighted by Crippen LogP contribution is 2.53. The number of benzene rings is 1. The minimum atomic E-state index is -4.56. The lowest BCUT2D eigenvalue weighted by atomic mass is 9.57. The average Bonchev–Trinajstić information content (AvgIpc) is 3.19. The number of hydrogen-bond acceptors (Lipinski definition) is 4. The monoisotopic (exact) mass is 466 g/mol. The van der Waals surface area contributed by atoms with Crippen LogP contribution in [0.2, 0.25) is 0 Å². The van der Waals surface area contributed by atoms with Gasteiger partial charge in [0.2, 0.25) is 11.8 Å². The van der Waals surface area contributed by atoms with Crippen molar-refractivity contribution in [1.82, 2.24) is 10.2 Å². The van der Waals surface area contributed by atoms with Gasteiger partial charge in [0.1, 0.15) is 12.2 Å². The predicted octanol–water partition coefficient (Wildman–Crippen LogP) is 3.79. The number of para-hydroxylation sites is 1. The molecule has 3 saturated carbocycles. The molecule has 2 bridgehead atoms. The summed E-state index contributed by atoms with van der Waals surface area (Å²) >= 11 is 0. The van der Waals surface area contributed by atoms with Crippen molar-refractivity contribution < 1.29 is 27.2 Å². The summed E-state index contributed by atoms with van der Waals surface area (Å²) in [6.07, 6.45) is -2.37. The molecule has 5 rings (SSSR count). The van der Waals surface area contributed by atoms with Crippen LogP contribution in [0.1, 0.15) is 50.5 Å². The van der Waals surface area contributed by atoms with Crippen molar-refractivity contribution in [2.24, 2.45) is 5.41 Å². The molecule has 2 N–H and O–H groups in total. The number of likely N-dealkylation sites (tertiary alicyclic amines) is 1. The zero-order valence-corrected chi connectivity index (χ0v) is 18.1. The Morgan fingerprint density at radius 3 is 2.36 bits per heavy atom. The summed E-state index contributed by atoms with van der Waals surface area (Å²) < 4.78 is 53.4. The number of fused-ring (bicyclic) bond motifs is 3. The van der Waals surface area contributed by atoms with Crippen LogP contribution in [-0.4, -0.2) is 47.6 Å². The normalized spacial score (nSPS) is 31.3. The summed E-state index contributed by atoms with van der Waals surface area (Å²) in [6, 6.07) is 6.17. The van der Waals surface area contributed by atoms with E-state index in [9.17, 15) is 27.2 Å². The van der Waals surface area contributed by atoms with Crippen LogP contribution >= 0.6 is 0 Å². The summed E-state index contributed by atoms with van der Waals surface area (Å²) in [5.41, 5.74) is -2.17. The van der Waals surface area contributed by atoms with Crippen LogP contribution in [0.25, 0.3) is 0 Å². The molecule has 4 aliphatic rings. The highest BCUT2D eigenvalue weighted by molar-refractivity contribution is 5.96. The molecule has 1 aromatic carbocycles. The van der Waals surface area contributed by atoms with Gasteiger partial charge in [0.05, 0.1) is 30.4 Å². The van der Waals surface area contributed by atoms with Crippen molar-refractivity contribution in [3.05, 3.63) is 29.8 Å². The maximum Gasteiger partial charge on any atom is 0.418 e.